The molecule has 0 saturated heterocycles. The van der Waals surface area contributed by atoms with Gasteiger partial charge in [0.1, 0.15) is 0 Å². The summed E-state index contributed by atoms with van der Waals surface area (Å²) < 4.78 is 24.4. The predicted octanol–water partition coefficient (Wildman–Crippen LogP) is 2.82. The van der Waals surface area contributed by atoms with Gasteiger partial charge in [0.05, 0.1) is 11.1 Å². The molecule has 3 nitrogen and oxygen atoms in total. The molecule has 1 aromatic rings. The Balaban J connectivity index is 3.01. The lowest BCUT2D eigenvalue weighted by Crippen LogP contribution is -2.06. The fraction of sp³-hybridized carbons (Fsp3) is 0.125. The van der Waals surface area contributed by atoms with Gasteiger partial charge >= 0.3 is 0 Å². The highest BCUT2D eigenvalue weighted by Crippen LogP contribution is 2.24. The smallest absolute Gasteiger partial charge is 0.199 e. The molecule has 0 aliphatic rings. The van der Waals surface area contributed by atoms with Crippen molar-refractivity contribution in [1.29, 1.82) is 0 Å². The number of hydrogen-bond acceptors (Lipinski definition) is 2. The highest BCUT2D eigenvalue weighted by molar-refractivity contribution is 7.90. The molecule has 7 heteroatoms. The molecule has 0 N–H and O–H groups in total. The molecule has 0 radical (unpaired) electrons. The first kappa shape index (κ1) is 12.8. The van der Waals surface area contributed by atoms with Crippen LogP contribution >= 0.6 is 34.8 Å². The van der Waals surface area contributed by atoms with E-state index in [1.54, 1.807) is 18.2 Å². The van der Waals surface area contributed by atoms with Crippen LogP contribution in [0, 0.1) is 0 Å². The van der Waals surface area contributed by atoms with E-state index in [4.69, 9.17) is 34.8 Å². The van der Waals surface area contributed by atoms with Crippen LogP contribution in [0.25, 0.3) is 0 Å². The standard InChI is InChI=1S/C8H6Cl3NO2S/c9-8(10,11)6-12-15(13,14)7-4-2-1-3-5-7/h1-6H/b12-6+. The largest absolute Gasteiger partial charge is 0.282 e. The second kappa shape index (κ2) is 4.70. The molecule has 15 heavy (non-hydrogen) atoms. The van der Waals surface area contributed by atoms with Gasteiger partial charge in [-0.1, -0.05) is 53.0 Å². The van der Waals surface area contributed by atoms with Gasteiger partial charge in [-0.15, -0.1) is 0 Å². The fourth-order valence-electron chi connectivity index (χ4n) is 0.782. The van der Waals surface area contributed by atoms with Crippen LogP contribution in [0.3, 0.4) is 0 Å². The van der Waals surface area contributed by atoms with Crippen molar-refractivity contribution in [3.8, 4) is 0 Å². The number of benzene rings is 1. The number of halogens is 3. The molecular weight excluding hydrogens is 281 g/mol. The molecule has 0 aromatic heterocycles. The van der Waals surface area contributed by atoms with Crippen LogP contribution in [-0.2, 0) is 10.0 Å². The second-order valence-electron chi connectivity index (χ2n) is 2.56. The number of hydrogen-bond donors (Lipinski definition) is 0. The van der Waals surface area contributed by atoms with Crippen molar-refractivity contribution < 1.29 is 8.42 Å². The summed E-state index contributed by atoms with van der Waals surface area (Å²) in [5.74, 6) is 0. The Kier molecular flexibility index (Phi) is 4.00. The molecule has 82 valence electrons. The third-order valence-corrected chi connectivity index (χ3v) is 2.92. The van der Waals surface area contributed by atoms with Gasteiger partial charge in [0.15, 0.2) is 0 Å². The minimum absolute atomic E-state index is 0.0514. The molecule has 0 saturated carbocycles. The maximum absolute atomic E-state index is 11.5. The van der Waals surface area contributed by atoms with Crippen molar-refractivity contribution in [3.05, 3.63) is 30.3 Å². The summed E-state index contributed by atoms with van der Waals surface area (Å²) in [6.07, 6.45) is 0.750. The first-order valence-electron chi connectivity index (χ1n) is 3.74. The van der Waals surface area contributed by atoms with E-state index in [-0.39, 0.29) is 4.90 Å². The zero-order valence-electron chi connectivity index (χ0n) is 7.27. The lowest BCUT2D eigenvalue weighted by Gasteiger charge is -2.02. The van der Waals surface area contributed by atoms with E-state index in [1.165, 1.54) is 12.1 Å². The highest BCUT2D eigenvalue weighted by Gasteiger charge is 2.19. The molecule has 1 aromatic carbocycles. The Hall–Kier alpha value is -0.290. The molecule has 0 atom stereocenters. The molecule has 0 spiro atoms. The number of sulfonamides is 1. The van der Waals surface area contributed by atoms with E-state index in [0.29, 0.717) is 0 Å². The van der Waals surface area contributed by atoms with Crippen molar-refractivity contribution in [3.63, 3.8) is 0 Å². The topological polar surface area (TPSA) is 46.5 Å². The third-order valence-electron chi connectivity index (χ3n) is 1.38. The Morgan fingerprint density at radius 3 is 2.13 bits per heavy atom. The lowest BCUT2D eigenvalue weighted by atomic mass is 10.4. The molecule has 0 heterocycles. The Labute approximate surface area is 103 Å². The van der Waals surface area contributed by atoms with Gasteiger partial charge in [0.25, 0.3) is 10.0 Å². The quantitative estimate of drug-likeness (QED) is 0.620. The molecule has 0 unspecified atom stereocenters. The molecule has 0 bridgehead atoms. The van der Waals surface area contributed by atoms with Crippen molar-refractivity contribution in [2.24, 2.45) is 4.40 Å². The van der Waals surface area contributed by atoms with Crippen LogP contribution in [0.1, 0.15) is 0 Å². The first-order valence-corrected chi connectivity index (χ1v) is 6.32. The van der Waals surface area contributed by atoms with Gasteiger partial charge in [-0.2, -0.15) is 12.8 Å². The van der Waals surface area contributed by atoms with E-state index in [2.05, 4.69) is 4.40 Å². The maximum atomic E-state index is 11.5. The maximum Gasteiger partial charge on any atom is 0.282 e. The van der Waals surface area contributed by atoms with Crippen molar-refractivity contribution >= 4 is 51.0 Å². The van der Waals surface area contributed by atoms with Crippen LogP contribution < -0.4 is 0 Å². The minimum atomic E-state index is -3.78. The fourth-order valence-corrected chi connectivity index (χ4v) is 2.02. The summed E-state index contributed by atoms with van der Waals surface area (Å²) in [6.45, 7) is 0. The van der Waals surface area contributed by atoms with Crippen LogP contribution in [0.2, 0.25) is 0 Å². The van der Waals surface area contributed by atoms with E-state index >= 15 is 0 Å². The zero-order valence-corrected chi connectivity index (χ0v) is 10.4. The van der Waals surface area contributed by atoms with E-state index in [1.807, 2.05) is 0 Å². The lowest BCUT2D eigenvalue weighted by molar-refractivity contribution is 0.598. The zero-order chi connectivity index (χ0) is 11.5. The van der Waals surface area contributed by atoms with Gasteiger partial charge in [0, 0.05) is 0 Å². The predicted molar refractivity (Wildman–Crippen MR) is 62.4 cm³/mol. The number of rotatable bonds is 2. The Bertz CT molecular complexity index is 451. The van der Waals surface area contributed by atoms with Crippen molar-refractivity contribution in [2.75, 3.05) is 0 Å². The summed E-state index contributed by atoms with van der Waals surface area (Å²) in [5, 5.41) is 0. The van der Waals surface area contributed by atoms with Crippen LogP contribution in [-0.4, -0.2) is 18.4 Å². The van der Waals surface area contributed by atoms with Crippen molar-refractivity contribution in [1.82, 2.24) is 0 Å². The molecule has 0 aliphatic heterocycles. The summed E-state index contributed by atoms with van der Waals surface area (Å²) >= 11 is 16.0. The number of alkyl halides is 3. The summed E-state index contributed by atoms with van der Waals surface area (Å²) in [7, 11) is -3.78. The monoisotopic (exact) mass is 285 g/mol. The van der Waals surface area contributed by atoms with Crippen LogP contribution in [0.4, 0.5) is 0 Å². The highest BCUT2D eigenvalue weighted by atomic mass is 35.6. The Morgan fingerprint density at radius 2 is 1.67 bits per heavy atom. The molecule has 0 amide bonds. The Morgan fingerprint density at radius 1 is 1.13 bits per heavy atom. The number of nitrogens with zero attached hydrogens (tertiary/aromatic N) is 1. The third kappa shape index (κ3) is 4.38. The molecular formula is C8H6Cl3NO2S. The van der Waals surface area contributed by atoms with Gasteiger partial charge in [-0.25, -0.2) is 0 Å². The normalized spacial score (nSPS) is 13.3. The van der Waals surface area contributed by atoms with Crippen LogP contribution in [0.15, 0.2) is 39.6 Å². The second-order valence-corrected chi connectivity index (χ2v) is 6.57. The summed E-state index contributed by atoms with van der Waals surface area (Å²) in [4.78, 5) is 0.0514. The molecule has 1 rings (SSSR count). The summed E-state index contributed by atoms with van der Waals surface area (Å²) in [5.41, 5.74) is 0. The average Bonchev–Trinajstić information content (AvgIpc) is 2.16. The minimum Gasteiger partial charge on any atom is -0.199 e. The van der Waals surface area contributed by atoms with E-state index in [9.17, 15) is 8.42 Å². The average molecular weight is 287 g/mol. The van der Waals surface area contributed by atoms with E-state index < -0.39 is 13.8 Å². The van der Waals surface area contributed by atoms with Gasteiger partial charge in [-0.05, 0) is 12.1 Å². The molecule has 0 aliphatic carbocycles. The van der Waals surface area contributed by atoms with Gasteiger partial charge in [0.2, 0.25) is 3.79 Å². The first-order chi connectivity index (χ1) is 6.81. The van der Waals surface area contributed by atoms with Crippen molar-refractivity contribution in [2.45, 2.75) is 8.69 Å². The molecule has 0 fully saturated rings. The van der Waals surface area contributed by atoms with E-state index in [0.717, 1.165) is 6.21 Å². The van der Waals surface area contributed by atoms with Gasteiger partial charge < -0.3 is 0 Å². The van der Waals surface area contributed by atoms with Gasteiger partial charge in [-0.3, -0.25) is 0 Å². The van der Waals surface area contributed by atoms with Crippen LogP contribution in [0.5, 0.6) is 0 Å². The SMILES string of the molecule is O=S(=O)(/N=C/C(Cl)(Cl)Cl)c1ccccc1. The summed E-state index contributed by atoms with van der Waals surface area (Å²) in [6, 6.07) is 7.67.